The number of amides is 1. The molecule has 1 fully saturated rings. The van der Waals surface area contributed by atoms with E-state index < -0.39 is 5.54 Å². The number of hydrogen-bond donors (Lipinski definition) is 1. The van der Waals surface area contributed by atoms with Crippen molar-refractivity contribution in [2.75, 3.05) is 0 Å². The molecule has 5 nitrogen and oxygen atoms in total. The number of para-hydroxylation sites is 2. The molecule has 1 aliphatic carbocycles. The van der Waals surface area contributed by atoms with Crippen LogP contribution >= 0.6 is 11.8 Å². The van der Waals surface area contributed by atoms with Gasteiger partial charge in [-0.3, -0.25) is 4.79 Å². The maximum Gasteiger partial charge on any atom is 0.234 e. The van der Waals surface area contributed by atoms with Crippen LogP contribution in [-0.2, 0) is 11.3 Å². The van der Waals surface area contributed by atoms with Crippen molar-refractivity contribution in [3.05, 3.63) is 36.9 Å². The second-order valence-electron chi connectivity index (χ2n) is 6.79. The average molecular weight is 369 g/mol. The number of thioether (sulfide) groups is 1. The highest BCUT2D eigenvalue weighted by Crippen LogP contribution is 2.30. The molecular formula is C20H24N4OS. The summed E-state index contributed by atoms with van der Waals surface area (Å²) in [5, 5.41) is 13.0. The molecule has 1 heterocycles. The van der Waals surface area contributed by atoms with Gasteiger partial charge in [-0.15, -0.1) is 6.58 Å². The van der Waals surface area contributed by atoms with Gasteiger partial charge in [0.15, 0.2) is 5.16 Å². The van der Waals surface area contributed by atoms with Crippen molar-refractivity contribution in [2.24, 2.45) is 0 Å². The zero-order chi connectivity index (χ0) is 18.6. The number of benzene rings is 1. The van der Waals surface area contributed by atoms with E-state index in [1.165, 1.54) is 11.8 Å². The van der Waals surface area contributed by atoms with Gasteiger partial charge in [-0.2, -0.15) is 5.26 Å². The summed E-state index contributed by atoms with van der Waals surface area (Å²) in [5.74, 6) is -0.101. The van der Waals surface area contributed by atoms with Crippen LogP contribution in [0.3, 0.4) is 0 Å². The lowest BCUT2D eigenvalue weighted by Gasteiger charge is -2.32. The average Bonchev–Trinajstić information content (AvgIpc) is 3.00. The molecule has 1 atom stereocenters. The Bertz CT molecular complexity index is 845. The lowest BCUT2D eigenvalue weighted by Crippen LogP contribution is -2.50. The SMILES string of the molecule is C=CCn1c(SC(C)C(=O)NC2(C#N)CCCCC2)nc2ccccc21. The number of imidazole rings is 1. The smallest absolute Gasteiger partial charge is 0.234 e. The van der Waals surface area contributed by atoms with Crippen LogP contribution in [0.1, 0.15) is 39.0 Å². The van der Waals surface area contributed by atoms with Crippen LogP contribution in [-0.4, -0.2) is 26.2 Å². The van der Waals surface area contributed by atoms with E-state index >= 15 is 0 Å². The van der Waals surface area contributed by atoms with E-state index in [-0.39, 0.29) is 11.2 Å². The molecule has 136 valence electrons. The molecule has 1 amide bonds. The Kier molecular flexibility index (Phi) is 5.67. The number of carbonyl (C=O) groups excluding carboxylic acids is 1. The fraction of sp³-hybridized carbons (Fsp3) is 0.450. The molecule has 0 aliphatic heterocycles. The minimum absolute atomic E-state index is 0.101. The normalized spacial score (nSPS) is 17.4. The number of nitrogens with one attached hydrogen (secondary N) is 1. The number of nitrogens with zero attached hydrogens (tertiary/aromatic N) is 3. The third-order valence-electron chi connectivity index (χ3n) is 4.87. The first-order valence-electron chi connectivity index (χ1n) is 9.05. The van der Waals surface area contributed by atoms with Crippen LogP contribution in [0.5, 0.6) is 0 Å². The summed E-state index contributed by atoms with van der Waals surface area (Å²) < 4.78 is 2.07. The Balaban J connectivity index is 1.77. The summed E-state index contributed by atoms with van der Waals surface area (Å²) >= 11 is 1.42. The summed E-state index contributed by atoms with van der Waals surface area (Å²) in [6, 6.07) is 10.3. The number of rotatable bonds is 6. The summed E-state index contributed by atoms with van der Waals surface area (Å²) in [6.45, 7) is 6.33. The van der Waals surface area contributed by atoms with Gasteiger partial charge in [-0.1, -0.05) is 49.2 Å². The van der Waals surface area contributed by atoms with Gasteiger partial charge < -0.3 is 9.88 Å². The van der Waals surface area contributed by atoms with Crippen molar-refractivity contribution >= 4 is 28.7 Å². The van der Waals surface area contributed by atoms with Gasteiger partial charge in [0.05, 0.1) is 22.4 Å². The van der Waals surface area contributed by atoms with Crippen molar-refractivity contribution < 1.29 is 4.79 Å². The van der Waals surface area contributed by atoms with Gasteiger partial charge in [-0.25, -0.2) is 4.98 Å². The molecule has 0 saturated heterocycles. The summed E-state index contributed by atoms with van der Waals surface area (Å²) in [4.78, 5) is 17.4. The quantitative estimate of drug-likeness (QED) is 0.617. The van der Waals surface area contributed by atoms with Crippen LogP contribution in [0.4, 0.5) is 0 Å². The van der Waals surface area contributed by atoms with Crippen LogP contribution in [0.15, 0.2) is 42.1 Å². The molecule has 1 unspecified atom stereocenters. The molecule has 0 bridgehead atoms. The predicted octanol–water partition coefficient (Wildman–Crippen LogP) is 4.05. The molecule has 3 rings (SSSR count). The first-order chi connectivity index (χ1) is 12.6. The highest BCUT2D eigenvalue weighted by atomic mass is 32.2. The first-order valence-corrected chi connectivity index (χ1v) is 9.92. The molecule has 0 spiro atoms. The molecular weight excluding hydrogens is 344 g/mol. The van der Waals surface area contributed by atoms with Crippen molar-refractivity contribution in [2.45, 2.75) is 61.5 Å². The second-order valence-corrected chi connectivity index (χ2v) is 8.09. The van der Waals surface area contributed by atoms with E-state index in [2.05, 4.69) is 27.5 Å². The molecule has 2 aromatic rings. The molecule has 1 aliphatic rings. The van der Waals surface area contributed by atoms with Gasteiger partial charge in [0.2, 0.25) is 5.91 Å². The van der Waals surface area contributed by atoms with Gasteiger partial charge in [0.1, 0.15) is 5.54 Å². The van der Waals surface area contributed by atoms with E-state index in [4.69, 9.17) is 0 Å². The number of nitriles is 1. The van der Waals surface area contributed by atoms with Crippen molar-refractivity contribution in [1.29, 1.82) is 5.26 Å². The third-order valence-corrected chi connectivity index (χ3v) is 5.96. The monoisotopic (exact) mass is 368 g/mol. The van der Waals surface area contributed by atoms with Gasteiger partial charge in [-0.05, 0) is 31.9 Å². The number of aromatic nitrogens is 2. The van der Waals surface area contributed by atoms with Gasteiger partial charge in [0, 0.05) is 6.54 Å². The summed E-state index contributed by atoms with van der Waals surface area (Å²) in [5.41, 5.74) is 1.24. The molecule has 6 heteroatoms. The zero-order valence-corrected chi connectivity index (χ0v) is 15.9. The zero-order valence-electron chi connectivity index (χ0n) is 15.1. The van der Waals surface area contributed by atoms with E-state index in [1.54, 1.807) is 0 Å². The molecule has 0 radical (unpaired) electrons. The van der Waals surface area contributed by atoms with E-state index in [9.17, 15) is 10.1 Å². The van der Waals surface area contributed by atoms with Crippen molar-refractivity contribution in [3.8, 4) is 6.07 Å². The standard InChI is InChI=1S/C20H24N4OS/c1-3-13-24-17-10-6-5-9-16(17)22-19(24)26-15(2)18(25)23-20(14-21)11-7-4-8-12-20/h3,5-6,9-10,15H,1,4,7-8,11-13H2,2H3,(H,23,25). The Morgan fingerprint density at radius 1 is 1.46 bits per heavy atom. The molecule has 1 saturated carbocycles. The molecule has 1 aromatic carbocycles. The Morgan fingerprint density at radius 2 is 2.19 bits per heavy atom. The highest BCUT2D eigenvalue weighted by Gasteiger charge is 2.35. The lowest BCUT2D eigenvalue weighted by atomic mass is 9.83. The minimum atomic E-state index is -0.703. The van der Waals surface area contributed by atoms with Gasteiger partial charge in [0.25, 0.3) is 0 Å². The van der Waals surface area contributed by atoms with Crippen LogP contribution in [0.25, 0.3) is 11.0 Å². The number of carbonyl (C=O) groups is 1. The predicted molar refractivity (Wildman–Crippen MR) is 105 cm³/mol. The number of fused-ring (bicyclic) bond motifs is 1. The summed E-state index contributed by atoms with van der Waals surface area (Å²) in [6.07, 6.45) is 6.42. The number of hydrogen-bond acceptors (Lipinski definition) is 4. The van der Waals surface area contributed by atoms with Crippen molar-refractivity contribution in [1.82, 2.24) is 14.9 Å². The highest BCUT2D eigenvalue weighted by molar-refractivity contribution is 8.00. The van der Waals surface area contributed by atoms with E-state index in [1.807, 2.05) is 37.3 Å². The van der Waals surface area contributed by atoms with Crippen LogP contribution < -0.4 is 5.32 Å². The largest absolute Gasteiger partial charge is 0.337 e. The van der Waals surface area contributed by atoms with Crippen LogP contribution in [0, 0.1) is 11.3 Å². The Labute approximate surface area is 158 Å². The van der Waals surface area contributed by atoms with E-state index in [0.29, 0.717) is 6.54 Å². The topological polar surface area (TPSA) is 70.7 Å². The Morgan fingerprint density at radius 3 is 2.88 bits per heavy atom. The molecule has 1 aromatic heterocycles. The van der Waals surface area contributed by atoms with Crippen molar-refractivity contribution in [3.63, 3.8) is 0 Å². The summed E-state index contributed by atoms with van der Waals surface area (Å²) in [7, 11) is 0. The molecule has 1 N–H and O–H groups in total. The lowest BCUT2D eigenvalue weighted by molar-refractivity contribution is -0.121. The number of allylic oxidation sites excluding steroid dienone is 1. The fourth-order valence-electron chi connectivity index (χ4n) is 3.42. The van der Waals surface area contributed by atoms with Gasteiger partial charge >= 0.3 is 0 Å². The third kappa shape index (κ3) is 3.78. The first kappa shape index (κ1) is 18.5. The second kappa shape index (κ2) is 7.96. The minimum Gasteiger partial charge on any atom is -0.337 e. The van der Waals surface area contributed by atoms with E-state index in [0.717, 1.165) is 48.3 Å². The Hall–Kier alpha value is -2.26. The maximum absolute atomic E-state index is 12.7. The van der Waals surface area contributed by atoms with Crippen LogP contribution in [0.2, 0.25) is 0 Å². The fourth-order valence-corrected chi connectivity index (χ4v) is 4.35. The maximum atomic E-state index is 12.7. The molecule has 26 heavy (non-hydrogen) atoms.